The fourth-order valence-electron chi connectivity index (χ4n) is 1.04. The summed E-state index contributed by atoms with van der Waals surface area (Å²) in [6.07, 6.45) is 2.93. The Bertz CT molecular complexity index is 286. The Labute approximate surface area is 80.8 Å². The lowest BCUT2D eigenvalue weighted by Gasteiger charge is -2.05. The molecule has 1 aromatic carbocycles. The Morgan fingerprint density at radius 2 is 2.23 bits per heavy atom. The SMILES string of the molecule is CN=CCPc1ccccc1OC. The van der Waals surface area contributed by atoms with Crippen LogP contribution in [-0.2, 0) is 0 Å². The van der Waals surface area contributed by atoms with Gasteiger partial charge < -0.3 is 9.73 Å². The Kier molecular flexibility index (Phi) is 4.48. The maximum atomic E-state index is 5.24. The van der Waals surface area contributed by atoms with Gasteiger partial charge in [-0.05, 0) is 6.07 Å². The van der Waals surface area contributed by atoms with E-state index in [2.05, 4.69) is 11.1 Å². The molecule has 0 amide bonds. The zero-order valence-electron chi connectivity index (χ0n) is 7.95. The van der Waals surface area contributed by atoms with Gasteiger partial charge in [-0.15, -0.1) is 0 Å². The number of methoxy groups -OCH3 is 1. The molecule has 0 radical (unpaired) electrons. The third-order valence-corrected chi connectivity index (χ3v) is 2.85. The summed E-state index contributed by atoms with van der Waals surface area (Å²) >= 11 is 0. The standard InChI is InChI=1S/C10H14NOP/c1-11-7-8-13-10-6-4-3-5-9(10)12-2/h3-7,13H,8H2,1-2H3. The van der Waals surface area contributed by atoms with Crippen molar-refractivity contribution in [1.29, 1.82) is 0 Å². The molecule has 1 rings (SSSR count). The number of hydrogen-bond acceptors (Lipinski definition) is 2. The number of benzene rings is 1. The number of hydrogen-bond donors (Lipinski definition) is 0. The molecule has 13 heavy (non-hydrogen) atoms. The average Bonchev–Trinajstić information content (AvgIpc) is 2.19. The highest BCUT2D eigenvalue weighted by atomic mass is 31.1. The molecule has 0 bridgehead atoms. The molecule has 0 N–H and O–H groups in total. The summed E-state index contributed by atoms with van der Waals surface area (Å²) in [5.74, 6) is 0.977. The molecule has 0 aliphatic heterocycles. The second-order valence-electron chi connectivity index (χ2n) is 2.52. The number of rotatable bonds is 4. The highest BCUT2D eigenvalue weighted by Gasteiger charge is 1.98. The molecule has 2 nitrogen and oxygen atoms in total. The lowest BCUT2D eigenvalue weighted by atomic mass is 10.3. The van der Waals surface area contributed by atoms with Crippen molar-refractivity contribution in [2.45, 2.75) is 0 Å². The fourth-order valence-corrected chi connectivity index (χ4v) is 2.11. The second kappa shape index (κ2) is 5.71. The van der Waals surface area contributed by atoms with Gasteiger partial charge in [-0.2, -0.15) is 0 Å². The van der Waals surface area contributed by atoms with Crippen LogP contribution in [0.1, 0.15) is 0 Å². The zero-order valence-corrected chi connectivity index (χ0v) is 8.95. The van der Waals surface area contributed by atoms with E-state index in [4.69, 9.17) is 4.74 Å². The highest BCUT2D eigenvalue weighted by Crippen LogP contribution is 2.17. The summed E-state index contributed by atoms with van der Waals surface area (Å²) in [7, 11) is 4.25. The number of aliphatic imine (C=N–C) groups is 1. The monoisotopic (exact) mass is 195 g/mol. The van der Waals surface area contributed by atoms with Gasteiger partial charge in [0.15, 0.2) is 0 Å². The van der Waals surface area contributed by atoms with Crippen molar-refractivity contribution in [3.8, 4) is 5.75 Å². The number of para-hydroxylation sites is 1. The predicted molar refractivity (Wildman–Crippen MR) is 60.2 cm³/mol. The summed E-state index contributed by atoms with van der Waals surface area (Å²) in [4.78, 5) is 3.95. The summed E-state index contributed by atoms with van der Waals surface area (Å²) < 4.78 is 5.24. The van der Waals surface area contributed by atoms with Gasteiger partial charge >= 0.3 is 0 Å². The van der Waals surface area contributed by atoms with E-state index in [1.165, 1.54) is 5.30 Å². The van der Waals surface area contributed by atoms with Crippen molar-refractivity contribution in [2.24, 2.45) is 4.99 Å². The molecule has 70 valence electrons. The van der Waals surface area contributed by atoms with Crippen LogP contribution in [0.4, 0.5) is 0 Å². The summed E-state index contributed by atoms with van der Waals surface area (Å²) in [6.45, 7) is 0. The van der Waals surface area contributed by atoms with E-state index in [0.29, 0.717) is 0 Å². The van der Waals surface area contributed by atoms with E-state index in [-0.39, 0.29) is 0 Å². The first-order valence-corrected chi connectivity index (χ1v) is 5.36. The van der Waals surface area contributed by atoms with Crippen LogP contribution in [0.5, 0.6) is 5.75 Å². The normalized spacial score (nSPS) is 11.5. The maximum absolute atomic E-state index is 5.24. The third kappa shape index (κ3) is 3.16. The first-order chi connectivity index (χ1) is 6.38. The predicted octanol–water partition coefficient (Wildman–Crippen LogP) is 1.70. The topological polar surface area (TPSA) is 21.6 Å². The molecular formula is C10H14NOP. The van der Waals surface area contributed by atoms with Gasteiger partial charge in [0.1, 0.15) is 5.75 Å². The van der Waals surface area contributed by atoms with E-state index in [0.717, 1.165) is 20.5 Å². The smallest absolute Gasteiger partial charge is 0.126 e. The van der Waals surface area contributed by atoms with Crippen LogP contribution in [0.15, 0.2) is 29.3 Å². The van der Waals surface area contributed by atoms with Crippen molar-refractivity contribution in [3.63, 3.8) is 0 Å². The van der Waals surface area contributed by atoms with Gasteiger partial charge in [-0.3, -0.25) is 0 Å². The van der Waals surface area contributed by atoms with E-state index >= 15 is 0 Å². The zero-order chi connectivity index (χ0) is 9.52. The Hall–Kier alpha value is -0.880. The molecular weight excluding hydrogens is 181 g/mol. The van der Waals surface area contributed by atoms with Crippen molar-refractivity contribution in [2.75, 3.05) is 20.3 Å². The highest BCUT2D eigenvalue weighted by molar-refractivity contribution is 7.48. The molecule has 0 saturated carbocycles. The number of ether oxygens (including phenoxy) is 1. The first-order valence-electron chi connectivity index (χ1n) is 4.16. The quantitative estimate of drug-likeness (QED) is 0.529. The van der Waals surface area contributed by atoms with Crippen molar-refractivity contribution >= 4 is 20.1 Å². The minimum Gasteiger partial charge on any atom is -0.496 e. The maximum Gasteiger partial charge on any atom is 0.126 e. The van der Waals surface area contributed by atoms with Crippen molar-refractivity contribution in [1.82, 2.24) is 0 Å². The molecule has 0 aromatic heterocycles. The second-order valence-corrected chi connectivity index (χ2v) is 3.82. The molecule has 0 saturated heterocycles. The Balaban J connectivity index is 2.64. The lowest BCUT2D eigenvalue weighted by Crippen LogP contribution is -2.01. The van der Waals surface area contributed by atoms with E-state index in [9.17, 15) is 0 Å². The van der Waals surface area contributed by atoms with Gasteiger partial charge in [0.2, 0.25) is 0 Å². The van der Waals surface area contributed by atoms with Crippen molar-refractivity contribution < 1.29 is 4.74 Å². The van der Waals surface area contributed by atoms with Crippen LogP contribution in [0.2, 0.25) is 0 Å². The first kappa shape index (κ1) is 10.2. The molecule has 3 heteroatoms. The van der Waals surface area contributed by atoms with Gasteiger partial charge in [0, 0.05) is 24.7 Å². The molecule has 0 fully saturated rings. The summed E-state index contributed by atoms with van der Waals surface area (Å²) in [5, 5.41) is 1.27. The van der Waals surface area contributed by atoms with E-state index in [1.807, 2.05) is 24.4 Å². The van der Waals surface area contributed by atoms with Gasteiger partial charge in [0.25, 0.3) is 0 Å². The van der Waals surface area contributed by atoms with Gasteiger partial charge in [0.05, 0.1) is 7.11 Å². The van der Waals surface area contributed by atoms with E-state index in [1.54, 1.807) is 14.2 Å². The summed E-state index contributed by atoms with van der Waals surface area (Å²) in [5.41, 5.74) is 0. The van der Waals surface area contributed by atoms with Gasteiger partial charge in [-0.1, -0.05) is 26.8 Å². The van der Waals surface area contributed by atoms with Crippen LogP contribution in [0, 0.1) is 0 Å². The number of nitrogens with zero attached hydrogens (tertiary/aromatic N) is 1. The van der Waals surface area contributed by atoms with Crippen LogP contribution < -0.4 is 10.0 Å². The molecule has 0 spiro atoms. The van der Waals surface area contributed by atoms with Crippen LogP contribution in [0.3, 0.4) is 0 Å². The average molecular weight is 195 g/mol. The van der Waals surface area contributed by atoms with Crippen LogP contribution in [-0.4, -0.2) is 26.5 Å². The molecule has 1 unspecified atom stereocenters. The van der Waals surface area contributed by atoms with E-state index < -0.39 is 0 Å². The van der Waals surface area contributed by atoms with Crippen LogP contribution >= 0.6 is 8.58 Å². The third-order valence-electron chi connectivity index (χ3n) is 1.67. The van der Waals surface area contributed by atoms with Crippen molar-refractivity contribution in [3.05, 3.63) is 24.3 Å². The molecule has 0 heterocycles. The Morgan fingerprint density at radius 1 is 1.46 bits per heavy atom. The molecule has 0 aliphatic rings. The fraction of sp³-hybridized carbons (Fsp3) is 0.300. The molecule has 1 atom stereocenters. The lowest BCUT2D eigenvalue weighted by molar-refractivity contribution is 0.418. The molecule has 1 aromatic rings. The summed E-state index contributed by atoms with van der Waals surface area (Å²) in [6, 6.07) is 8.11. The van der Waals surface area contributed by atoms with Crippen LogP contribution in [0.25, 0.3) is 0 Å². The minimum absolute atomic E-state index is 0.743. The minimum atomic E-state index is 0.743. The Morgan fingerprint density at radius 3 is 2.92 bits per heavy atom. The largest absolute Gasteiger partial charge is 0.496 e. The van der Waals surface area contributed by atoms with Gasteiger partial charge in [-0.25, -0.2) is 0 Å². The molecule has 0 aliphatic carbocycles.